The van der Waals surface area contributed by atoms with Crippen molar-refractivity contribution in [1.82, 2.24) is 20.2 Å². The third-order valence-electron chi connectivity index (χ3n) is 4.96. The number of aromatic amines is 1. The van der Waals surface area contributed by atoms with E-state index in [2.05, 4.69) is 38.5 Å². The van der Waals surface area contributed by atoms with Gasteiger partial charge in [-0.2, -0.15) is 0 Å². The lowest BCUT2D eigenvalue weighted by Gasteiger charge is -2.27. The molecule has 7 heteroatoms. The third-order valence-corrected chi connectivity index (χ3v) is 4.96. The Morgan fingerprint density at radius 3 is 2.75 bits per heavy atom. The lowest BCUT2D eigenvalue weighted by Crippen LogP contribution is -2.46. The predicted octanol–water partition coefficient (Wildman–Crippen LogP) is 2.39. The van der Waals surface area contributed by atoms with Crippen LogP contribution in [-0.4, -0.2) is 53.0 Å². The number of guanidine groups is 1. The van der Waals surface area contributed by atoms with E-state index in [0.29, 0.717) is 24.9 Å². The van der Waals surface area contributed by atoms with E-state index in [4.69, 9.17) is 4.74 Å². The van der Waals surface area contributed by atoms with Crippen LogP contribution in [0.2, 0.25) is 0 Å². The maximum absolute atomic E-state index is 12.4. The fourth-order valence-electron chi connectivity index (χ4n) is 3.46. The minimum absolute atomic E-state index is 0.192. The molecule has 0 saturated carbocycles. The van der Waals surface area contributed by atoms with E-state index >= 15 is 0 Å². The van der Waals surface area contributed by atoms with E-state index < -0.39 is 0 Å². The second-order valence-electron chi connectivity index (χ2n) is 6.75. The summed E-state index contributed by atoms with van der Waals surface area (Å²) in [4.78, 5) is 26.6. The van der Waals surface area contributed by atoms with Crippen molar-refractivity contribution < 1.29 is 9.53 Å². The van der Waals surface area contributed by atoms with Crippen LogP contribution in [0.4, 0.5) is 0 Å². The number of ether oxygens (including phenoxy) is 1. The smallest absolute Gasteiger partial charge is 0.276 e. The van der Waals surface area contributed by atoms with Crippen molar-refractivity contribution in [1.29, 1.82) is 0 Å². The van der Waals surface area contributed by atoms with Gasteiger partial charge in [0.1, 0.15) is 11.3 Å². The molecule has 0 bridgehead atoms. The summed E-state index contributed by atoms with van der Waals surface area (Å²) in [5, 5.41) is 3.81. The first-order valence-electron chi connectivity index (χ1n) is 9.25. The Bertz CT molecular complexity index is 1090. The number of aromatic nitrogens is 2. The number of carbonyl (C=O) groups excluding carboxylic acids is 1. The fourth-order valence-corrected chi connectivity index (χ4v) is 3.46. The van der Waals surface area contributed by atoms with Gasteiger partial charge in [-0.05, 0) is 17.7 Å². The Morgan fingerprint density at radius 1 is 1.11 bits per heavy atom. The second-order valence-corrected chi connectivity index (χ2v) is 6.75. The molecular formula is C21H19N5O2. The molecule has 2 aliphatic heterocycles. The average Bonchev–Trinajstić information content (AvgIpc) is 3.33. The molecule has 0 aliphatic carbocycles. The van der Waals surface area contributed by atoms with Gasteiger partial charge < -0.3 is 14.6 Å². The van der Waals surface area contributed by atoms with Crippen LogP contribution in [0.3, 0.4) is 0 Å². The van der Waals surface area contributed by atoms with Crippen molar-refractivity contribution in [2.24, 2.45) is 4.99 Å². The van der Waals surface area contributed by atoms with Crippen LogP contribution in [0.1, 0.15) is 5.56 Å². The molecule has 1 fully saturated rings. The zero-order chi connectivity index (χ0) is 18.9. The summed E-state index contributed by atoms with van der Waals surface area (Å²) in [6.45, 7) is 2.74. The van der Waals surface area contributed by atoms with Gasteiger partial charge in [0, 0.05) is 42.0 Å². The molecule has 2 aromatic heterocycles. The van der Waals surface area contributed by atoms with E-state index in [1.165, 1.54) is 0 Å². The Balaban J connectivity index is 1.50. The molecule has 3 aromatic rings. The van der Waals surface area contributed by atoms with Crippen LogP contribution in [0.15, 0.2) is 59.5 Å². The molecule has 0 unspecified atom stereocenters. The van der Waals surface area contributed by atoms with Gasteiger partial charge in [-0.25, -0.2) is 9.98 Å². The molecular weight excluding hydrogens is 354 g/mol. The number of H-pyrrole nitrogens is 1. The number of fused-ring (bicyclic) bond motifs is 1. The first-order chi connectivity index (χ1) is 13.8. The quantitative estimate of drug-likeness (QED) is 0.676. The van der Waals surface area contributed by atoms with Crippen molar-refractivity contribution in [3.63, 3.8) is 0 Å². The lowest BCUT2D eigenvalue weighted by atomic mass is 10.1. The minimum atomic E-state index is -0.192. The van der Waals surface area contributed by atoms with E-state index in [1.807, 2.05) is 35.5 Å². The lowest BCUT2D eigenvalue weighted by molar-refractivity contribution is -0.115. The summed E-state index contributed by atoms with van der Waals surface area (Å²) in [7, 11) is 0. The van der Waals surface area contributed by atoms with Gasteiger partial charge >= 0.3 is 0 Å². The molecule has 5 rings (SSSR count). The van der Waals surface area contributed by atoms with Gasteiger partial charge in [-0.1, -0.05) is 30.3 Å². The van der Waals surface area contributed by atoms with Gasteiger partial charge in [0.15, 0.2) is 0 Å². The number of pyridine rings is 1. The summed E-state index contributed by atoms with van der Waals surface area (Å²) < 4.78 is 5.36. The number of rotatable bonds is 2. The molecule has 1 saturated heterocycles. The normalized spacial score (nSPS) is 18.6. The highest BCUT2D eigenvalue weighted by Crippen LogP contribution is 2.26. The fraction of sp³-hybridized carbons (Fsp3) is 0.190. The maximum atomic E-state index is 12.4. The largest absolute Gasteiger partial charge is 0.378 e. The Labute approximate surface area is 161 Å². The number of aliphatic imine (C=N–C) groups is 1. The zero-order valence-corrected chi connectivity index (χ0v) is 15.2. The Morgan fingerprint density at radius 2 is 1.93 bits per heavy atom. The summed E-state index contributed by atoms with van der Waals surface area (Å²) in [6, 6.07) is 12.2. The van der Waals surface area contributed by atoms with Crippen molar-refractivity contribution in [3.05, 3.63) is 60.1 Å². The van der Waals surface area contributed by atoms with Gasteiger partial charge in [-0.3, -0.25) is 10.1 Å². The van der Waals surface area contributed by atoms with Crippen molar-refractivity contribution in [3.8, 4) is 11.1 Å². The van der Waals surface area contributed by atoms with Crippen LogP contribution in [0.25, 0.3) is 28.2 Å². The number of carbonyl (C=O) groups is 1. The van der Waals surface area contributed by atoms with Crippen molar-refractivity contribution in [2.75, 3.05) is 26.3 Å². The summed E-state index contributed by atoms with van der Waals surface area (Å²) in [5.74, 6) is 0.408. The average molecular weight is 373 g/mol. The van der Waals surface area contributed by atoms with Crippen molar-refractivity contribution in [2.45, 2.75) is 0 Å². The number of hydrogen-bond donors (Lipinski definition) is 2. The summed E-state index contributed by atoms with van der Waals surface area (Å²) >= 11 is 0. The number of nitrogens with one attached hydrogen (secondary N) is 2. The molecule has 28 heavy (non-hydrogen) atoms. The standard InChI is InChI=1S/C21H19N5O2/c27-20-18(24-21(25-20)26-6-8-28-9-7-26)11-16-13-23-19-17(16)10-15(12-22-19)14-4-2-1-3-5-14/h1-5,10-13H,6-9H2,(H,22,23)(H,24,25,27)/b18-11-. The SMILES string of the molecule is O=C1NC(N2CCOCC2)=N/C1=C\c1c[nH]c2ncc(-c3ccccc3)cc12. The molecule has 7 nitrogen and oxygen atoms in total. The maximum Gasteiger partial charge on any atom is 0.276 e. The first-order valence-corrected chi connectivity index (χ1v) is 9.25. The molecule has 2 aliphatic rings. The van der Waals surface area contributed by atoms with E-state index in [1.54, 1.807) is 6.08 Å². The van der Waals surface area contributed by atoms with E-state index in [0.717, 1.165) is 40.8 Å². The molecule has 4 heterocycles. The molecule has 0 radical (unpaired) electrons. The molecule has 1 amide bonds. The monoisotopic (exact) mass is 373 g/mol. The van der Waals surface area contributed by atoms with Crippen LogP contribution in [-0.2, 0) is 9.53 Å². The summed E-state index contributed by atoms with van der Waals surface area (Å²) in [6.07, 6.45) is 5.51. The highest BCUT2D eigenvalue weighted by molar-refractivity contribution is 6.14. The molecule has 0 atom stereocenters. The predicted molar refractivity (Wildman–Crippen MR) is 107 cm³/mol. The number of hydrogen-bond acceptors (Lipinski definition) is 5. The highest BCUT2D eigenvalue weighted by Gasteiger charge is 2.25. The molecule has 2 N–H and O–H groups in total. The van der Waals surface area contributed by atoms with E-state index in [9.17, 15) is 4.79 Å². The Kier molecular flexibility index (Phi) is 4.14. The van der Waals surface area contributed by atoms with Crippen LogP contribution in [0.5, 0.6) is 0 Å². The number of nitrogens with zero attached hydrogens (tertiary/aromatic N) is 3. The number of morpholine rings is 1. The number of amides is 1. The van der Waals surface area contributed by atoms with Gasteiger partial charge in [0.2, 0.25) is 5.96 Å². The molecule has 140 valence electrons. The van der Waals surface area contributed by atoms with E-state index in [-0.39, 0.29) is 5.91 Å². The molecule has 0 spiro atoms. The third kappa shape index (κ3) is 3.05. The topological polar surface area (TPSA) is 82.6 Å². The van der Waals surface area contributed by atoms with Crippen molar-refractivity contribution >= 4 is 29.0 Å². The van der Waals surface area contributed by atoms with Crippen LogP contribution >= 0.6 is 0 Å². The Hall–Kier alpha value is -3.45. The highest BCUT2D eigenvalue weighted by atomic mass is 16.5. The minimum Gasteiger partial charge on any atom is -0.378 e. The van der Waals surface area contributed by atoms with Crippen LogP contribution < -0.4 is 5.32 Å². The van der Waals surface area contributed by atoms with Gasteiger partial charge in [0.25, 0.3) is 5.91 Å². The number of benzene rings is 1. The van der Waals surface area contributed by atoms with Gasteiger partial charge in [0.05, 0.1) is 13.2 Å². The summed E-state index contributed by atoms with van der Waals surface area (Å²) in [5.41, 5.74) is 4.19. The molecule has 1 aromatic carbocycles. The zero-order valence-electron chi connectivity index (χ0n) is 15.2. The first kappa shape index (κ1) is 16.7. The van der Waals surface area contributed by atoms with Gasteiger partial charge in [-0.15, -0.1) is 0 Å². The second kappa shape index (κ2) is 6.94. The van der Waals surface area contributed by atoms with Crippen LogP contribution in [0, 0.1) is 0 Å².